The number of aromatic amines is 1. The summed E-state index contributed by atoms with van der Waals surface area (Å²) in [5, 5.41) is 5.85. The van der Waals surface area contributed by atoms with Gasteiger partial charge in [0, 0.05) is 60.9 Å². The van der Waals surface area contributed by atoms with Crippen molar-refractivity contribution in [1.82, 2.24) is 30.2 Å². The first-order valence-corrected chi connectivity index (χ1v) is 12.5. The fourth-order valence-electron chi connectivity index (χ4n) is 5.08. The van der Waals surface area contributed by atoms with Gasteiger partial charge in [0.15, 0.2) is 11.6 Å². The molecular weight excluding hydrogens is 434 g/mol. The van der Waals surface area contributed by atoms with Crippen LogP contribution in [0.3, 0.4) is 0 Å². The van der Waals surface area contributed by atoms with Crippen LogP contribution in [0.4, 0.5) is 5.82 Å². The predicted molar refractivity (Wildman–Crippen MR) is 133 cm³/mol. The van der Waals surface area contributed by atoms with Gasteiger partial charge >= 0.3 is 0 Å². The lowest BCUT2D eigenvalue weighted by atomic mass is 10.1. The summed E-state index contributed by atoms with van der Waals surface area (Å²) in [6.07, 6.45) is 1.97. The fraction of sp³-hybridized carbons (Fsp3) is 0.458. The van der Waals surface area contributed by atoms with Crippen LogP contribution in [0.1, 0.15) is 18.9 Å². The average molecular weight is 464 g/mol. The maximum atomic E-state index is 5.60. The van der Waals surface area contributed by atoms with E-state index in [-0.39, 0.29) is 0 Å². The minimum Gasteiger partial charge on any atom is -0.378 e. The number of fused-ring (bicyclic) bond motifs is 2. The molecule has 0 saturated carbocycles. The van der Waals surface area contributed by atoms with E-state index in [0.717, 1.165) is 76.2 Å². The lowest BCUT2D eigenvalue weighted by Gasteiger charge is -2.35. The number of piperazine rings is 1. The van der Waals surface area contributed by atoms with E-state index in [4.69, 9.17) is 19.7 Å². The third kappa shape index (κ3) is 4.10. The number of morpholine rings is 1. The van der Waals surface area contributed by atoms with Gasteiger partial charge in [-0.05, 0) is 26.0 Å². The second kappa shape index (κ2) is 8.64. The number of nitrogens with zero attached hydrogens (tertiary/aromatic N) is 5. The molecule has 172 valence electrons. The molecule has 2 fully saturated rings. The summed E-state index contributed by atoms with van der Waals surface area (Å²) in [4.78, 5) is 24.2. The van der Waals surface area contributed by atoms with Crippen LogP contribution < -0.4 is 10.2 Å². The molecule has 0 aliphatic carbocycles. The minimum absolute atomic E-state index is 0.486. The normalized spacial score (nSPS) is 22.4. The van der Waals surface area contributed by atoms with Crippen LogP contribution in [0.25, 0.3) is 32.6 Å². The van der Waals surface area contributed by atoms with Gasteiger partial charge in [0.05, 0.1) is 19.8 Å². The Morgan fingerprint density at radius 1 is 1.06 bits per heavy atom. The Balaban J connectivity index is 1.43. The van der Waals surface area contributed by atoms with Crippen LogP contribution in [0.2, 0.25) is 0 Å². The highest BCUT2D eigenvalue weighted by Gasteiger charge is 2.25. The monoisotopic (exact) mass is 463 g/mol. The van der Waals surface area contributed by atoms with Crippen molar-refractivity contribution < 1.29 is 4.74 Å². The number of hydrogen-bond donors (Lipinski definition) is 2. The highest BCUT2D eigenvalue weighted by atomic mass is 32.1. The van der Waals surface area contributed by atoms with E-state index < -0.39 is 0 Å². The van der Waals surface area contributed by atoms with Crippen molar-refractivity contribution in [2.45, 2.75) is 32.5 Å². The Morgan fingerprint density at radius 3 is 2.70 bits per heavy atom. The molecule has 0 radical (unpaired) electrons. The Labute approximate surface area is 197 Å². The van der Waals surface area contributed by atoms with Crippen LogP contribution in [0.15, 0.2) is 30.5 Å². The highest BCUT2D eigenvalue weighted by molar-refractivity contribution is 7.18. The molecule has 0 spiro atoms. The predicted octanol–water partition coefficient (Wildman–Crippen LogP) is 3.25. The average Bonchev–Trinajstić information content (AvgIpc) is 3.44. The number of rotatable bonds is 4. The number of hydrogen-bond acceptors (Lipinski definition) is 8. The zero-order valence-corrected chi connectivity index (χ0v) is 19.9. The van der Waals surface area contributed by atoms with Crippen LogP contribution in [-0.2, 0) is 11.3 Å². The molecule has 8 nitrogen and oxygen atoms in total. The second-order valence-electron chi connectivity index (χ2n) is 9.14. The molecule has 4 aromatic rings. The van der Waals surface area contributed by atoms with E-state index in [0.29, 0.717) is 25.3 Å². The van der Waals surface area contributed by atoms with Gasteiger partial charge in [-0.25, -0.2) is 15.0 Å². The van der Waals surface area contributed by atoms with Gasteiger partial charge in [0.1, 0.15) is 15.4 Å². The molecule has 2 atom stereocenters. The number of ether oxygens (including phenoxy) is 1. The van der Waals surface area contributed by atoms with E-state index in [9.17, 15) is 0 Å². The van der Waals surface area contributed by atoms with Gasteiger partial charge in [0.25, 0.3) is 0 Å². The topological polar surface area (TPSA) is 82.2 Å². The van der Waals surface area contributed by atoms with Crippen LogP contribution in [-0.4, -0.2) is 76.3 Å². The molecule has 5 heterocycles. The Morgan fingerprint density at radius 2 is 1.88 bits per heavy atom. The molecule has 6 rings (SSSR count). The van der Waals surface area contributed by atoms with Crippen molar-refractivity contribution in [2.75, 3.05) is 44.3 Å². The second-order valence-corrected chi connectivity index (χ2v) is 10.2. The quantitative estimate of drug-likeness (QED) is 0.481. The summed E-state index contributed by atoms with van der Waals surface area (Å²) in [7, 11) is 0. The van der Waals surface area contributed by atoms with Crippen LogP contribution >= 0.6 is 11.3 Å². The molecule has 0 amide bonds. The third-order valence-electron chi connectivity index (χ3n) is 6.42. The Kier molecular flexibility index (Phi) is 5.49. The van der Waals surface area contributed by atoms with E-state index in [1.807, 2.05) is 6.20 Å². The zero-order chi connectivity index (χ0) is 22.4. The lowest BCUT2D eigenvalue weighted by Crippen LogP contribution is -2.53. The largest absolute Gasteiger partial charge is 0.378 e. The molecule has 2 aliphatic heterocycles. The van der Waals surface area contributed by atoms with Crippen LogP contribution in [0.5, 0.6) is 0 Å². The molecular formula is C24H29N7OS. The van der Waals surface area contributed by atoms with Crippen LogP contribution in [0, 0.1) is 0 Å². The first-order valence-electron chi connectivity index (χ1n) is 11.7. The molecule has 33 heavy (non-hydrogen) atoms. The SMILES string of the molecule is CC1CN(Cc2nc3c(N4CCOCC4)nc(-c4cccc5[nH]ccc45)nc3s2)CC(C)N1. The minimum atomic E-state index is 0.486. The van der Waals surface area contributed by atoms with Gasteiger partial charge in [-0.1, -0.05) is 23.5 Å². The molecule has 1 aromatic carbocycles. The number of aromatic nitrogens is 4. The summed E-state index contributed by atoms with van der Waals surface area (Å²) < 4.78 is 5.60. The summed E-state index contributed by atoms with van der Waals surface area (Å²) >= 11 is 1.70. The molecule has 9 heteroatoms. The highest BCUT2D eigenvalue weighted by Crippen LogP contribution is 2.34. The van der Waals surface area contributed by atoms with E-state index in [2.05, 4.69) is 58.2 Å². The number of nitrogens with one attached hydrogen (secondary N) is 2. The maximum absolute atomic E-state index is 5.60. The molecule has 3 aromatic heterocycles. The van der Waals surface area contributed by atoms with E-state index in [1.54, 1.807) is 11.3 Å². The smallest absolute Gasteiger partial charge is 0.163 e. The molecule has 2 aliphatic rings. The summed E-state index contributed by atoms with van der Waals surface area (Å²) in [5.41, 5.74) is 3.05. The standard InChI is InChI=1S/C24H29N7OS/c1-15-12-30(13-16(2)26-15)14-20-27-21-23(31-8-10-32-11-9-31)28-22(29-24(21)33-20)18-4-3-5-19-17(18)6-7-25-19/h3-7,15-16,25-26H,8-14H2,1-2H3. The Bertz CT molecular complexity index is 1270. The summed E-state index contributed by atoms with van der Waals surface area (Å²) in [6.45, 7) is 10.5. The molecule has 2 N–H and O–H groups in total. The van der Waals surface area contributed by atoms with Crippen molar-refractivity contribution in [1.29, 1.82) is 0 Å². The number of thiazole rings is 1. The van der Waals surface area contributed by atoms with Gasteiger partial charge in [-0.3, -0.25) is 4.90 Å². The molecule has 2 saturated heterocycles. The third-order valence-corrected chi connectivity index (χ3v) is 7.36. The van der Waals surface area contributed by atoms with Gasteiger partial charge in [-0.15, -0.1) is 0 Å². The maximum Gasteiger partial charge on any atom is 0.163 e. The van der Waals surface area contributed by atoms with Crippen molar-refractivity contribution >= 4 is 38.4 Å². The van der Waals surface area contributed by atoms with Crippen molar-refractivity contribution in [3.05, 3.63) is 35.5 Å². The van der Waals surface area contributed by atoms with Gasteiger partial charge in [-0.2, -0.15) is 0 Å². The fourth-order valence-corrected chi connectivity index (χ4v) is 6.05. The summed E-state index contributed by atoms with van der Waals surface area (Å²) in [6, 6.07) is 9.31. The van der Waals surface area contributed by atoms with Crippen molar-refractivity contribution in [3.63, 3.8) is 0 Å². The molecule has 0 bridgehead atoms. The van der Waals surface area contributed by atoms with E-state index >= 15 is 0 Å². The van der Waals surface area contributed by atoms with Gasteiger partial charge < -0.3 is 19.9 Å². The van der Waals surface area contributed by atoms with Gasteiger partial charge in [0.2, 0.25) is 0 Å². The van der Waals surface area contributed by atoms with E-state index in [1.165, 1.54) is 0 Å². The van der Waals surface area contributed by atoms with Crippen molar-refractivity contribution in [2.24, 2.45) is 0 Å². The Hall–Kier alpha value is -2.59. The summed E-state index contributed by atoms with van der Waals surface area (Å²) in [5.74, 6) is 1.68. The lowest BCUT2D eigenvalue weighted by molar-refractivity contribution is 0.122. The number of H-pyrrole nitrogens is 1. The first-order chi connectivity index (χ1) is 16.1. The zero-order valence-electron chi connectivity index (χ0n) is 19.0. The number of benzene rings is 1. The molecule has 2 unspecified atom stereocenters. The first kappa shape index (κ1) is 21.0. The number of anilines is 1. The van der Waals surface area contributed by atoms with Crippen molar-refractivity contribution in [3.8, 4) is 11.4 Å².